The fraction of sp³-hybridized carbons (Fsp3) is 0.471. The van der Waals surface area contributed by atoms with Crippen molar-refractivity contribution in [1.29, 1.82) is 0 Å². The number of benzene rings is 1. The van der Waals surface area contributed by atoms with E-state index in [1.54, 1.807) is 0 Å². The zero-order valence-electron chi connectivity index (χ0n) is 14.6. The van der Waals surface area contributed by atoms with Crippen LogP contribution in [0, 0.1) is 6.92 Å². The molecule has 0 spiro atoms. The molecule has 0 unspecified atom stereocenters. The molecule has 0 saturated carbocycles. The van der Waals surface area contributed by atoms with Gasteiger partial charge in [0, 0.05) is 28.3 Å². The Bertz CT molecular complexity index is 916. The number of sulfone groups is 1. The highest BCUT2D eigenvalue weighted by molar-refractivity contribution is 9.10. The Kier molecular flexibility index (Phi) is 5.97. The number of hydrogen-bond donors (Lipinski definition) is 1. The van der Waals surface area contributed by atoms with Gasteiger partial charge in [-0.25, -0.2) is 8.42 Å². The van der Waals surface area contributed by atoms with Gasteiger partial charge in [-0.3, -0.25) is 9.59 Å². The van der Waals surface area contributed by atoms with E-state index in [1.165, 1.54) is 11.8 Å². The monoisotopic (exact) mass is 474 g/mol. The number of aliphatic imine (C=N–C) groups is 1. The summed E-state index contributed by atoms with van der Waals surface area (Å²) in [5, 5.41) is 9.01. The number of aryl methyl sites for hydroxylation is 1. The van der Waals surface area contributed by atoms with E-state index in [-0.39, 0.29) is 48.0 Å². The highest BCUT2D eigenvalue weighted by atomic mass is 79.9. The molecule has 1 aromatic rings. The molecule has 1 amide bonds. The molecule has 2 heterocycles. The number of thioether (sulfide) groups is 1. The molecule has 2 fully saturated rings. The average molecular weight is 475 g/mol. The van der Waals surface area contributed by atoms with Crippen molar-refractivity contribution in [2.45, 2.75) is 37.5 Å². The van der Waals surface area contributed by atoms with Crippen LogP contribution in [0.2, 0.25) is 0 Å². The molecular weight excluding hydrogens is 456 g/mol. The molecule has 3 rings (SSSR count). The largest absolute Gasteiger partial charge is 0.481 e. The number of carbonyl (C=O) groups excluding carboxylic acids is 1. The molecule has 0 aromatic heterocycles. The number of anilines is 1. The standard InChI is InChI=1S/C17H19BrN2O5S2/c1-10-7-11(5-6-12(10)18)20-13-8-27(24,25)9-14(13)26-17(20)19-15(21)3-2-4-16(22)23/h5-7,13-14H,2-4,8-9H2,1H3,(H,22,23)/t13-,14-/m0/s1. The van der Waals surface area contributed by atoms with Crippen LogP contribution in [0.3, 0.4) is 0 Å². The number of carboxylic acids is 1. The van der Waals surface area contributed by atoms with Crippen molar-refractivity contribution in [3.8, 4) is 0 Å². The first-order valence-corrected chi connectivity index (χ1v) is 11.9. The van der Waals surface area contributed by atoms with Crippen molar-refractivity contribution in [3.63, 3.8) is 0 Å². The molecule has 10 heteroatoms. The molecule has 27 heavy (non-hydrogen) atoms. The summed E-state index contributed by atoms with van der Waals surface area (Å²) >= 11 is 4.77. The Hall–Kier alpha value is -1.39. The number of amides is 1. The summed E-state index contributed by atoms with van der Waals surface area (Å²) in [6.45, 7) is 1.94. The van der Waals surface area contributed by atoms with Gasteiger partial charge < -0.3 is 10.0 Å². The van der Waals surface area contributed by atoms with Crippen molar-refractivity contribution < 1.29 is 23.1 Å². The molecule has 1 aromatic carbocycles. The smallest absolute Gasteiger partial charge is 0.303 e. The van der Waals surface area contributed by atoms with E-state index < -0.39 is 15.8 Å². The summed E-state index contributed by atoms with van der Waals surface area (Å²) < 4.78 is 25.1. The second-order valence-corrected chi connectivity index (χ2v) is 10.9. The SMILES string of the molecule is Cc1cc(N2C(=NC(=O)CCCC(=O)O)S[C@H]3CS(=O)(=O)C[C@@H]32)ccc1Br. The zero-order valence-corrected chi connectivity index (χ0v) is 17.8. The number of hydrogen-bond acceptors (Lipinski definition) is 5. The predicted molar refractivity (Wildman–Crippen MR) is 109 cm³/mol. The van der Waals surface area contributed by atoms with Crippen LogP contribution in [-0.4, -0.2) is 53.4 Å². The van der Waals surface area contributed by atoms with Crippen molar-refractivity contribution >= 4 is 60.3 Å². The maximum Gasteiger partial charge on any atom is 0.303 e. The molecular formula is C17H19BrN2O5S2. The van der Waals surface area contributed by atoms with Crippen LogP contribution in [0.4, 0.5) is 5.69 Å². The van der Waals surface area contributed by atoms with Gasteiger partial charge in [0.2, 0.25) is 5.91 Å². The van der Waals surface area contributed by atoms with Gasteiger partial charge in [-0.1, -0.05) is 27.7 Å². The summed E-state index contributed by atoms with van der Waals surface area (Å²) in [6.07, 6.45) is 0.203. The van der Waals surface area contributed by atoms with Gasteiger partial charge in [0.15, 0.2) is 15.0 Å². The van der Waals surface area contributed by atoms with E-state index >= 15 is 0 Å². The molecule has 2 aliphatic heterocycles. The molecule has 146 valence electrons. The normalized spacial score (nSPS) is 25.0. The Morgan fingerprint density at radius 2 is 2.07 bits per heavy atom. The van der Waals surface area contributed by atoms with Crippen molar-refractivity contribution in [3.05, 3.63) is 28.2 Å². The Balaban J connectivity index is 1.88. The minimum absolute atomic E-state index is 0.0337. The molecule has 2 aliphatic rings. The van der Waals surface area contributed by atoms with Crippen molar-refractivity contribution in [2.75, 3.05) is 16.4 Å². The van der Waals surface area contributed by atoms with E-state index in [2.05, 4.69) is 20.9 Å². The van der Waals surface area contributed by atoms with E-state index in [4.69, 9.17) is 5.11 Å². The molecule has 1 N–H and O–H groups in total. The molecule has 7 nitrogen and oxygen atoms in total. The maximum absolute atomic E-state index is 12.2. The lowest BCUT2D eigenvalue weighted by atomic mass is 10.1. The third kappa shape index (κ3) is 4.72. The van der Waals surface area contributed by atoms with Gasteiger partial charge in [-0.2, -0.15) is 4.99 Å². The first kappa shape index (κ1) is 20.3. The fourth-order valence-corrected chi connectivity index (χ4v) is 7.38. The van der Waals surface area contributed by atoms with Crippen LogP contribution in [0.5, 0.6) is 0 Å². The predicted octanol–water partition coefficient (Wildman–Crippen LogP) is 2.61. The lowest BCUT2D eigenvalue weighted by molar-refractivity contribution is -0.137. The number of carbonyl (C=O) groups is 2. The third-order valence-corrected chi connectivity index (χ3v) is 8.59. The lowest BCUT2D eigenvalue weighted by Gasteiger charge is -2.25. The summed E-state index contributed by atoms with van der Waals surface area (Å²) in [6, 6.07) is 5.43. The van der Waals surface area contributed by atoms with Gasteiger partial charge in [0.05, 0.1) is 17.5 Å². The number of aliphatic carboxylic acids is 1. The van der Waals surface area contributed by atoms with E-state index in [0.717, 1.165) is 15.7 Å². The third-order valence-electron chi connectivity index (χ3n) is 4.49. The molecule has 2 atom stereocenters. The van der Waals surface area contributed by atoms with Crippen LogP contribution in [-0.2, 0) is 19.4 Å². The summed E-state index contributed by atoms with van der Waals surface area (Å²) in [5.41, 5.74) is 1.79. The molecule has 0 bridgehead atoms. The first-order chi connectivity index (χ1) is 12.7. The molecule has 2 saturated heterocycles. The first-order valence-electron chi connectivity index (χ1n) is 8.42. The minimum Gasteiger partial charge on any atom is -0.481 e. The second kappa shape index (κ2) is 7.92. The quantitative estimate of drug-likeness (QED) is 0.698. The lowest BCUT2D eigenvalue weighted by Crippen LogP contribution is -2.37. The van der Waals surface area contributed by atoms with Crippen LogP contribution < -0.4 is 4.90 Å². The van der Waals surface area contributed by atoms with Crippen molar-refractivity contribution in [2.24, 2.45) is 4.99 Å². The van der Waals surface area contributed by atoms with Crippen LogP contribution in [0.1, 0.15) is 24.8 Å². The number of halogens is 1. The second-order valence-electron chi connectivity index (χ2n) is 6.64. The maximum atomic E-state index is 12.2. The molecule has 0 aliphatic carbocycles. The summed E-state index contributed by atoms with van der Waals surface area (Å²) in [7, 11) is -3.12. The van der Waals surface area contributed by atoms with Gasteiger partial charge in [-0.15, -0.1) is 0 Å². The van der Waals surface area contributed by atoms with E-state index in [9.17, 15) is 18.0 Å². The highest BCUT2D eigenvalue weighted by Crippen LogP contribution is 2.41. The van der Waals surface area contributed by atoms with E-state index in [0.29, 0.717) is 5.17 Å². The van der Waals surface area contributed by atoms with Gasteiger partial charge in [0.1, 0.15) is 0 Å². The highest BCUT2D eigenvalue weighted by Gasteiger charge is 2.49. The zero-order chi connectivity index (χ0) is 19.8. The average Bonchev–Trinajstić information content (AvgIpc) is 3.00. The summed E-state index contributed by atoms with van der Waals surface area (Å²) in [5.74, 6) is -1.23. The number of rotatable bonds is 5. The Morgan fingerprint density at radius 3 is 2.74 bits per heavy atom. The van der Waals surface area contributed by atoms with Crippen LogP contribution in [0.25, 0.3) is 0 Å². The van der Waals surface area contributed by atoms with E-state index in [1.807, 2.05) is 30.0 Å². The topological polar surface area (TPSA) is 104 Å². The Labute approximate surface area is 170 Å². The number of amidine groups is 1. The van der Waals surface area contributed by atoms with Gasteiger partial charge in [0.25, 0.3) is 0 Å². The number of nitrogens with zero attached hydrogens (tertiary/aromatic N) is 2. The van der Waals surface area contributed by atoms with Crippen molar-refractivity contribution in [1.82, 2.24) is 0 Å². The van der Waals surface area contributed by atoms with Crippen LogP contribution >= 0.6 is 27.7 Å². The van der Waals surface area contributed by atoms with Crippen LogP contribution in [0.15, 0.2) is 27.7 Å². The van der Waals surface area contributed by atoms with Gasteiger partial charge >= 0.3 is 5.97 Å². The fourth-order valence-electron chi connectivity index (χ4n) is 3.20. The number of fused-ring (bicyclic) bond motifs is 1. The Morgan fingerprint density at radius 1 is 1.33 bits per heavy atom. The minimum atomic E-state index is -3.12. The van der Waals surface area contributed by atoms with Gasteiger partial charge in [-0.05, 0) is 37.1 Å². The number of carboxylic acid groups (broad SMARTS) is 1. The summed E-state index contributed by atoms with van der Waals surface area (Å²) in [4.78, 5) is 28.8. The molecule has 0 radical (unpaired) electrons.